The molecule has 33 heavy (non-hydrogen) atoms. The molecule has 0 radical (unpaired) electrons. The van der Waals surface area contributed by atoms with Gasteiger partial charge < -0.3 is 10.2 Å². The molecule has 172 valence electrons. The van der Waals surface area contributed by atoms with E-state index in [1.807, 2.05) is 18.2 Å². The van der Waals surface area contributed by atoms with Gasteiger partial charge in [0.25, 0.3) is 5.91 Å². The lowest BCUT2D eigenvalue weighted by Gasteiger charge is -2.29. The molecule has 7 heteroatoms. The molecule has 2 N–H and O–H groups in total. The number of hydrogen-bond donors (Lipinski definition) is 2. The summed E-state index contributed by atoms with van der Waals surface area (Å²) < 4.78 is 0. The molecule has 1 saturated carbocycles. The van der Waals surface area contributed by atoms with Crippen molar-refractivity contribution >= 4 is 29.5 Å². The van der Waals surface area contributed by atoms with E-state index >= 15 is 0 Å². The number of imide groups is 1. The van der Waals surface area contributed by atoms with E-state index in [0.717, 1.165) is 41.6 Å². The average Bonchev–Trinajstić information content (AvgIpc) is 3.59. The number of rotatable bonds is 9. The molecule has 1 unspecified atom stereocenters. The Morgan fingerprint density at radius 1 is 1.00 bits per heavy atom. The largest absolute Gasteiger partial charge is 0.322 e. The second-order valence-electron chi connectivity index (χ2n) is 9.18. The van der Waals surface area contributed by atoms with Crippen molar-refractivity contribution in [3.05, 3.63) is 64.7 Å². The molecule has 1 saturated heterocycles. The van der Waals surface area contributed by atoms with Crippen molar-refractivity contribution in [1.29, 1.82) is 0 Å². The standard InChI is InChI=1S/C26H29N3O3S/c30-24-11-10-22(25(31)28-24)29-15-21-20(26(29)32)2-1-3-23(21)33-16-19-8-4-17(5-9-19)12-13-27-14-18-6-7-18/h1-5,8-9,18,22,27H,6-7,10-16H2,(H,28,30,31). The van der Waals surface area contributed by atoms with Gasteiger partial charge in [-0.1, -0.05) is 30.3 Å². The molecule has 0 aromatic heterocycles. The lowest BCUT2D eigenvalue weighted by molar-refractivity contribution is -0.136. The Morgan fingerprint density at radius 3 is 2.55 bits per heavy atom. The Bertz CT molecular complexity index is 1060. The number of thioether (sulfide) groups is 1. The number of benzene rings is 2. The van der Waals surface area contributed by atoms with E-state index in [2.05, 4.69) is 34.9 Å². The van der Waals surface area contributed by atoms with Crippen LogP contribution in [-0.2, 0) is 28.3 Å². The lowest BCUT2D eigenvalue weighted by atomic mass is 10.0. The number of carbonyl (C=O) groups excluding carboxylic acids is 3. The molecule has 3 aliphatic rings. The van der Waals surface area contributed by atoms with E-state index in [-0.39, 0.29) is 24.1 Å². The van der Waals surface area contributed by atoms with E-state index in [1.54, 1.807) is 16.7 Å². The minimum Gasteiger partial charge on any atom is -0.322 e. The second kappa shape index (κ2) is 9.69. The molecule has 1 atom stereocenters. The summed E-state index contributed by atoms with van der Waals surface area (Å²) in [7, 11) is 0. The van der Waals surface area contributed by atoms with Gasteiger partial charge in [0, 0.05) is 29.2 Å². The maximum atomic E-state index is 13.0. The highest BCUT2D eigenvalue weighted by atomic mass is 32.2. The van der Waals surface area contributed by atoms with Crippen LogP contribution in [0.5, 0.6) is 0 Å². The van der Waals surface area contributed by atoms with Crippen LogP contribution in [0.4, 0.5) is 0 Å². The molecule has 0 spiro atoms. The third-order valence-electron chi connectivity index (χ3n) is 6.68. The van der Waals surface area contributed by atoms with E-state index in [4.69, 9.17) is 0 Å². The quantitative estimate of drug-likeness (QED) is 0.339. The molecule has 2 aromatic carbocycles. The zero-order valence-electron chi connectivity index (χ0n) is 18.6. The Labute approximate surface area is 198 Å². The second-order valence-corrected chi connectivity index (χ2v) is 10.2. The van der Waals surface area contributed by atoms with Crippen molar-refractivity contribution in [3.8, 4) is 0 Å². The average molecular weight is 464 g/mol. The molecule has 2 aromatic rings. The van der Waals surface area contributed by atoms with E-state index < -0.39 is 6.04 Å². The number of amides is 3. The number of piperidine rings is 1. The van der Waals surface area contributed by atoms with Crippen LogP contribution in [0.2, 0.25) is 0 Å². The molecule has 2 aliphatic heterocycles. The van der Waals surface area contributed by atoms with Crippen LogP contribution in [-0.4, -0.2) is 41.8 Å². The molecular weight excluding hydrogens is 434 g/mol. The smallest absolute Gasteiger partial charge is 0.255 e. The van der Waals surface area contributed by atoms with Gasteiger partial charge in [-0.2, -0.15) is 0 Å². The fraction of sp³-hybridized carbons (Fsp3) is 0.423. The monoisotopic (exact) mass is 463 g/mol. The predicted molar refractivity (Wildman–Crippen MR) is 128 cm³/mol. The highest BCUT2D eigenvalue weighted by Crippen LogP contribution is 2.35. The first-order valence-corrected chi connectivity index (χ1v) is 12.7. The van der Waals surface area contributed by atoms with Gasteiger partial charge in [-0.05, 0) is 73.5 Å². The van der Waals surface area contributed by atoms with E-state index in [0.29, 0.717) is 18.5 Å². The summed E-state index contributed by atoms with van der Waals surface area (Å²) >= 11 is 1.72. The van der Waals surface area contributed by atoms with Gasteiger partial charge in [0.2, 0.25) is 11.8 Å². The topological polar surface area (TPSA) is 78.5 Å². The lowest BCUT2D eigenvalue weighted by Crippen LogP contribution is -2.52. The van der Waals surface area contributed by atoms with Crippen molar-refractivity contribution in [3.63, 3.8) is 0 Å². The Kier molecular flexibility index (Phi) is 6.51. The first-order valence-electron chi connectivity index (χ1n) is 11.8. The summed E-state index contributed by atoms with van der Waals surface area (Å²) in [6, 6.07) is 14.0. The summed E-state index contributed by atoms with van der Waals surface area (Å²) in [5, 5.41) is 5.90. The van der Waals surface area contributed by atoms with Gasteiger partial charge >= 0.3 is 0 Å². The minimum absolute atomic E-state index is 0.124. The molecule has 5 rings (SSSR count). The summed E-state index contributed by atoms with van der Waals surface area (Å²) in [4.78, 5) is 39.4. The van der Waals surface area contributed by atoms with Gasteiger partial charge in [0.1, 0.15) is 6.04 Å². The van der Waals surface area contributed by atoms with Crippen LogP contribution in [0.3, 0.4) is 0 Å². The zero-order valence-corrected chi connectivity index (χ0v) is 19.5. The highest BCUT2D eigenvalue weighted by Gasteiger charge is 2.39. The van der Waals surface area contributed by atoms with Crippen molar-refractivity contribution in [2.75, 3.05) is 13.1 Å². The molecule has 1 aliphatic carbocycles. The van der Waals surface area contributed by atoms with Crippen molar-refractivity contribution in [2.45, 2.75) is 55.3 Å². The molecular formula is C26H29N3O3S. The maximum Gasteiger partial charge on any atom is 0.255 e. The Hall–Kier alpha value is -2.64. The van der Waals surface area contributed by atoms with Crippen LogP contribution in [0, 0.1) is 5.92 Å². The van der Waals surface area contributed by atoms with Gasteiger partial charge in [-0.25, -0.2) is 0 Å². The summed E-state index contributed by atoms with van der Waals surface area (Å²) in [6.45, 7) is 2.59. The zero-order chi connectivity index (χ0) is 22.8. The minimum atomic E-state index is -0.577. The van der Waals surface area contributed by atoms with E-state index in [1.165, 1.54) is 24.0 Å². The van der Waals surface area contributed by atoms with Crippen LogP contribution in [0.25, 0.3) is 0 Å². The third-order valence-corrected chi connectivity index (χ3v) is 7.85. The van der Waals surface area contributed by atoms with Gasteiger partial charge in [0.15, 0.2) is 0 Å². The summed E-state index contributed by atoms with van der Waals surface area (Å²) in [5.41, 5.74) is 4.24. The number of fused-ring (bicyclic) bond motifs is 1. The number of hydrogen-bond acceptors (Lipinski definition) is 5. The van der Waals surface area contributed by atoms with Crippen molar-refractivity contribution in [1.82, 2.24) is 15.5 Å². The molecule has 6 nitrogen and oxygen atoms in total. The van der Waals surface area contributed by atoms with Crippen LogP contribution in [0.15, 0.2) is 47.4 Å². The maximum absolute atomic E-state index is 13.0. The predicted octanol–water partition coefficient (Wildman–Crippen LogP) is 3.28. The summed E-state index contributed by atoms with van der Waals surface area (Å²) in [5.74, 6) is 0.974. The third kappa shape index (κ3) is 5.14. The van der Waals surface area contributed by atoms with Gasteiger partial charge in [0.05, 0.1) is 0 Å². The van der Waals surface area contributed by atoms with Crippen LogP contribution >= 0.6 is 11.8 Å². The molecule has 2 heterocycles. The number of nitrogens with one attached hydrogen (secondary N) is 2. The molecule has 2 fully saturated rings. The fourth-order valence-electron chi connectivity index (χ4n) is 4.52. The first kappa shape index (κ1) is 22.2. The van der Waals surface area contributed by atoms with Gasteiger partial charge in [-0.15, -0.1) is 11.8 Å². The number of nitrogens with zero attached hydrogens (tertiary/aromatic N) is 1. The first-order chi connectivity index (χ1) is 16.1. The molecule has 3 amide bonds. The normalized spacial score (nSPS) is 20.2. The Balaban J connectivity index is 1.18. The Morgan fingerprint density at radius 2 is 1.79 bits per heavy atom. The van der Waals surface area contributed by atoms with Crippen LogP contribution < -0.4 is 10.6 Å². The highest BCUT2D eigenvalue weighted by molar-refractivity contribution is 7.98. The van der Waals surface area contributed by atoms with Gasteiger partial charge in [-0.3, -0.25) is 19.7 Å². The van der Waals surface area contributed by atoms with Crippen molar-refractivity contribution in [2.24, 2.45) is 5.92 Å². The van der Waals surface area contributed by atoms with Crippen molar-refractivity contribution < 1.29 is 14.4 Å². The number of carbonyl (C=O) groups is 3. The molecule has 0 bridgehead atoms. The fourth-order valence-corrected chi connectivity index (χ4v) is 5.55. The SMILES string of the molecule is O=C1CCC(N2Cc3c(SCc4ccc(CCNCC5CC5)cc4)cccc3C2=O)C(=O)N1. The summed E-state index contributed by atoms with van der Waals surface area (Å²) in [6.07, 6.45) is 4.46. The van der Waals surface area contributed by atoms with Crippen LogP contribution in [0.1, 0.15) is 52.7 Å². The van der Waals surface area contributed by atoms with E-state index in [9.17, 15) is 14.4 Å².